The second-order valence-corrected chi connectivity index (χ2v) is 4.80. The average molecular weight is 228 g/mol. The lowest BCUT2D eigenvalue weighted by molar-refractivity contribution is -0.147. The molecule has 2 unspecified atom stereocenters. The molecular weight excluding hydrogens is 208 g/mol. The number of rotatable bonds is 4. The minimum atomic E-state index is -0.831. The Morgan fingerprint density at radius 3 is 2.62 bits per heavy atom. The highest BCUT2D eigenvalue weighted by atomic mass is 16.4. The number of hydrogen-bond donors (Lipinski definition) is 2. The molecule has 1 saturated heterocycles. The first kappa shape index (κ1) is 13.0. The maximum Gasteiger partial charge on any atom is 0.311 e. The van der Waals surface area contributed by atoms with Crippen molar-refractivity contribution < 1.29 is 14.7 Å². The second-order valence-electron chi connectivity index (χ2n) is 4.80. The summed E-state index contributed by atoms with van der Waals surface area (Å²) in [5, 5.41) is 9.04. The molecule has 1 fully saturated rings. The van der Waals surface area contributed by atoms with E-state index < -0.39 is 11.4 Å². The number of nitrogens with two attached hydrogens (primary N) is 1. The summed E-state index contributed by atoms with van der Waals surface area (Å²) in [5.41, 5.74) is 4.92. The van der Waals surface area contributed by atoms with Crippen LogP contribution >= 0.6 is 0 Å². The number of carboxylic acids is 1. The summed E-state index contributed by atoms with van der Waals surface area (Å²) >= 11 is 0. The van der Waals surface area contributed by atoms with Crippen LogP contribution < -0.4 is 5.73 Å². The van der Waals surface area contributed by atoms with E-state index in [1.54, 1.807) is 11.8 Å². The molecule has 92 valence electrons. The van der Waals surface area contributed by atoms with E-state index in [1.165, 1.54) is 0 Å². The maximum atomic E-state index is 11.8. The van der Waals surface area contributed by atoms with Crippen LogP contribution in [0.2, 0.25) is 0 Å². The van der Waals surface area contributed by atoms with Crippen LogP contribution in [-0.2, 0) is 9.59 Å². The molecule has 0 aromatic rings. The van der Waals surface area contributed by atoms with Crippen LogP contribution in [0, 0.1) is 5.41 Å². The van der Waals surface area contributed by atoms with E-state index >= 15 is 0 Å². The van der Waals surface area contributed by atoms with Gasteiger partial charge in [0.1, 0.15) is 0 Å². The Balaban J connectivity index is 2.53. The molecule has 1 rings (SSSR count). The van der Waals surface area contributed by atoms with Crippen LogP contribution in [0.15, 0.2) is 0 Å². The lowest BCUT2D eigenvalue weighted by Crippen LogP contribution is -2.37. The zero-order chi connectivity index (χ0) is 12.3. The van der Waals surface area contributed by atoms with Crippen molar-refractivity contribution in [3.8, 4) is 0 Å². The third-order valence-corrected chi connectivity index (χ3v) is 3.30. The molecule has 5 heteroatoms. The van der Waals surface area contributed by atoms with E-state index in [2.05, 4.69) is 0 Å². The quantitative estimate of drug-likeness (QED) is 0.731. The van der Waals surface area contributed by atoms with Crippen LogP contribution in [0.4, 0.5) is 0 Å². The molecule has 0 aromatic heterocycles. The number of aliphatic carboxylic acids is 1. The topological polar surface area (TPSA) is 83.6 Å². The molecular formula is C11H20N2O3. The Kier molecular flexibility index (Phi) is 3.91. The molecule has 1 amide bonds. The van der Waals surface area contributed by atoms with Crippen molar-refractivity contribution in [2.24, 2.45) is 11.1 Å². The van der Waals surface area contributed by atoms with Crippen LogP contribution in [0.25, 0.3) is 0 Å². The number of carboxylic acid groups (broad SMARTS) is 1. The van der Waals surface area contributed by atoms with Gasteiger partial charge in [0.25, 0.3) is 0 Å². The molecule has 0 aromatic carbocycles. The van der Waals surface area contributed by atoms with Crippen molar-refractivity contribution in [2.45, 2.75) is 39.2 Å². The van der Waals surface area contributed by atoms with Gasteiger partial charge in [0.05, 0.1) is 5.41 Å². The monoisotopic (exact) mass is 228 g/mol. The van der Waals surface area contributed by atoms with Gasteiger partial charge in [-0.25, -0.2) is 0 Å². The van der Waals surface area contributed by atoms with E-state index in [-0.39, 0.29) is 11.9 Å². The van der Waals surface area contributed by atoms with Gasteiger partial charge in [-0.1, -0.05) is 6.92 Å². The number of carbonyl (C=O) groups excluding carboxylic acids is 1. The average Bonchev–Trinajstić information content (AvgIpc) is 2.62. The fourth-order valence-corrected chi connectivity index (χ4v) is 1.85. The van der Waals surface area contributed by atoms with Crippen molar-refractivity contribution >= 4 is 11.9 Å². The highest BCUT2D eigenvalue weighted by molar-refractivity contribution is 5.80. The molecule has 0 spiro atoms. The Morgan fingerprint density at radius 1 is 1.56 bits per heavy atom. The van der Waals surface area contributed by atoms with Crippen molar-refractivity contribution in [2.75, 3.05) is 13.1 Å². The van der Waals surface area contributed by atoms with Crippen molar-refractivity contribution in [3.05, 3.63) is 0 Å². The van der Waals surface area contributed by atoms with Gasteiger partial charge in [0.2, 0.25) is 5.91 Å². The van der Waals surface area contributed by atoms with Gasteiger partial charge < -0.3 is 15.7 Å². The van der Waals surface area contributed by atoms with Gasteiger partial charge in [-0.2, -0.15) is 0 Å². The molecule has 1 aliphatic rings. The number of carbonyl (C=O) groups is 2. The summed E-state index contributed by atoms with van der Waals surface area (Å²) in [6, 6.07) is -0.121. The smallest absolute Gasteiger partial charge is 0.311 e. The van der Waals surface area contributed by atoms with Crippen LogP contribution in [0.1, 0.15) is 33.1 Å². The second kappa shape index (κ2) is 4.82. The van der Waals surface area contributed by atoms with E-state index in [0.717, 1.165) is 6.42 Å². The molecule has 1 heterocycles. The summed E-state index contributed by atoms with van der Waals surface area (Å²) in [4.78, 5) is 24.4. The van der Waals surface area contributed by atoms with Crippen LogP contribution in [0.3, 0.4) is 0 Å². The first-order chi connectivity index (χ1) is 7.39. The summed E-state index contributed by atoms with van der Waals surface area (Å²) in [7, 11) is 0. The van der Waals surface area contributed by atoms with Gasteiger partial charge in [0, 0.05) is 25.6 Å². The Bertz CT molecular complexity index is 293. The lowest BCUT2D eigenvalue weighted by Gasteiger charge is -2.21. The SMILES string of the molecule is CCC(N)CC(=O)N1CCC(C)(C(=O)O)C1. The molecule has 1 aliphatic heterocycles. The fourth-order valence-electron chi connectivity index (χ4n) is 1.85. The number of hydrogen-bond acceptors (Lipinski definition) is 3. The molecule has 3 N–H and O–H groups in total. The molecule has 16 heavy (non-hydrogen) atoms. The predicted octanol–water partition coefficient (Wildman–Crippen LogP) is 0.437. The van der Waals surface area contributed by atoms with Gasteiger partial charge in [0.15, 0.2) is 0 Å². The first-order valence-corrected chi connectivity index (χ1v) is 5.66. The molecule has 5 nitrogen and oxygen atoms in total. The zero-order valence-electron chi connectivity index (χ0n) is 9.90. The largest absolute Gasteiger partial charge is 0.481 e. The molecule has 0 saturated carbocycles. The van der Waals surface area contributed by atoms with E-state index in [9.17, 15) is 9.59 Å². The van der Waals surface area contributed by atoms with Gasteiger partial charge in [-0.05, 0) is 19.8 Å². The molecule has 0 radical (unpaired) electrons. The van der Waals surface area contributed by atoms with Gasteiger partial charge in [-0.3, -0.25) is 9.59 Å². The summed E-state index contributed by atoms with van der Waals surface area (Å²) in [6.45, 7) is 4.45. The fraction of sp³-hybridized carbons (Fsp3) is 0.818. The predicted molar refractivity (Wildman–Crippen MR) is 59.8 cm³/mol. The highest BCUT2D eigenvalue weighted by Crippen LogP contribution is 2.30. The number of amides is 1. The number of likely N-dealkylation sites (tertiary alicyclic amines) is 1. The normalized spacial score (nSPS) is 26.8. The lowest BCUT2D eigenvalue weighted by atomic mass is 9.90. The van der Waals surface area contributed by atoms with Gasteiger partial charge >= 0.3 is 5.97 Å². The summed E-state index contributed by atoms with van der Waals surface area (Å²) in [6.07, 6.45) is 1.59. The van der Waals surface area contributed by atoms with Crippen LogP contribution in [0.5, 0.6) is 0 Å². The zero-order valence-corrected chi connectivity index (χ0v) is 9.90. The Morgan fingerprint density at radius 2 is 2.19 bits per heavy atom. The highest BCUT2D eigenvalue weighted by Gasteiger charge is 2.41. The minimum Gasteiger partial charge on any atom is -0.481 e. The third kappa shape index (κ3) is 2.72. The van der Waals surface area contributed by atoms with E-state index in [0.29, 0.717) is 25.9 Å². The van der Waals surface area contributed by atoms with Gasteiger partial charge in [-0.15, -0.1) is 0 Å². The Labute approximate surface area is 95.6 Å². The molecule has 2 atom stereocenters. The standard InChI is InChI=1S/C11H20N2O3/c1-3-8(12)6-9(14)13-5-4-11(2,7-13)10(15)16/h8H,3-7,12H2,1-2H3,(H,15,16). The summed E-state index contributed by atoms with van der Waals surface area (Å²) < 4.78 is 0. The Hall–Kier alpha value is -1.10. The molecule has 0 aliphatic carbocycles. The van der Waals surface area contributed by atoms with E-state index in [1.807, 2.05) is 6.92 Å². The first-order valence-electron chi connectivity index (χ1n) is 5.66. The molecule has 0 bridgehead atoms. The van der Waals surface area contributed by atoms with Crippen molar-refractivity contribution in [1.29, 1.82) is 0 Å². The van der Waals surface area contributed by atoms with Crippen LogP contribution in [-0.4, -0.2) is 41.0 Å². The number of nitrogens with zero attached hydrogens (tertiary/aromatic N) is 1. The maximum absolute atomic E-state index is 11.8. The van der Waals surface area contributed by atoms with E-state index in [4.69, 9.17) is 10.8 Å². The third-order valence-electron chi connectivity index (χ3n) is 3.30. The minimum absolute atomic E-state index is 0.0284. The summed E-state index contributed by atoms with van der Waals surface area (Å²) in [5.74, 6) is -0.859. The van der Waals surface area contributed by atoms with Crippen molar-refractivity contribution in [3.63, 3.8) is 0 Å². The van der Waals surface area contributed by atoms with Crippen molar-refractivity contribution in [1.82, 2.24) is 4.90 Å².